The molecule has 0 amide bonds. The van der Waals surface area contributed by atoms with Gasteiger partial charge in [0, 0.05) is 38.0 Å². The van der Waals surface area contributed by atoms with Crippen LogP contribution in [0.3, 0.4) is 0 Å². The van der Waals surface area contributed by atoms with Crippen molar-refractivity contribution >= 4 is 5.78 Å². The first-order valence-corrected chi connectivity index (χ1v) is 7.41. The molecule has 2 aromatic rings. The molecule has 1 aromatic heterocycles. The Hall–Kier alpha value is -1.18. The second-order valence-electron chi connectivity index (χ2n) is 5.54. The summed E-state index contributed by atoms with van der Waals surface area (Å²) in [5, 5.41) is 0. The Morgan fingerprint density at radius 3 is 2.50 bits per heavy atom. The third-order valence-corrected chi connectivity index (χ3v) is 3.71. The molecule has 3 nitrogen and oxygen atoms in total. The molecular weight excluding hydrogens is 444 g/mol. The Labute approximate surface area is 147 Å². The van der Waals surface area contributed by atoms with Gasteiger partial charge in [0.1, 0.15) is 0 Å². The molecule has 1 aromatic carbocycles. The average Bonchev–Trinajstić information content (AvgIpc) is 2.75. The van der Waals surface area contributed by atoms with E-state index in [1.807, 2.05) is 51.2 Å². The second kappa shape index (κ2) is 8.45. The molecule has 0 bridgehead atoms. The average molecular weight is 467 g/mol. The molecule has 0 aliphatic rings. The van der Waals surface area contributed by atoms with Crippen LogP contribution in [0.2, 0.25) is 0 Å². The van der Waals surface area contributed by atoms with Crippen LogP contribution < -0.4 is 0 Å². The fourth-order valence-electron chi connectivity index (χ4n) is 2.76. The van der Waals surface area contributed by atoms with Gasteiger partial charge in [-0.2, -0.15) is 18.2 Å². The Balaban J connectivity index is 0.00000242. The minimum atomic E-state index is 0. The number of carbonyl (C=O) groups is 1. The van der Waals surface area contributed by atoms with Crippen LogP contribution in [0, 0.1) is 19.9 Å². The van der Waals surface area contributed by atoms with Gasteiger partial charge in [-0.1, -0.05) is 12.6 Å². The number of benzene rings is 1. The zero-order valence-corrected chi connectivity index (χ0v) is 16.7. The van der Waals surface area contributed by atoms with Crippen molar-refractivity contribution in [2.24, 2.45) is 0 Å². The molecule has 0 saturated heterocycles. The van der Waals surface area contributed by atoms with Crippen molar-refractivity contribution in [1.29, 1.82) is 0 Å². The number of aryl methyl sites for hydroxylation is 1. The summed E-state index contributed by atoms with van der Waals surface area (Å²) in [6.07, 6.45) is 1.06. The fraction of sp³-hybridized carbons (Fsp3) is 0.389. The topological polar surface area (TPSA) is 25.2 Å². The number of ketones is 1. The summed E-state index contributed by atoms with van der Waals surface area (Å²) in [5.74, 6) is 0.188. The first kappa shape index (κ1) is 18.9. The van der Waals surface area contributed by atoms with Crippen molar-refractivity contribution in [3.05, 3.63) is 53.3 Å². The van der Waals surface area contributed by atoms with Crippen molar-refractivity contribution in [2.45, 2.75) is 27.2 Å². The van der Waals surface area contributed by atoms with Gasteiger partial charge in [-0.15, -0.1) is 12.1 Å². The maximum Gasteiger partial charge on any atom is 0.178 e. The molecule has 1 heterocycles. The van der Waals surface area contributed by atoms with Crippen LogP contribution in [0.15, 0.2) is 30.3 Å². The summed E-state index contributed by atoms with van der Waals surface area (Å²) >= 11 is 0. The van der Waals surface area contributed by atoms with E-state index in [4.69, 9.17) is 0 Å². The third-order valence-electron chi connectivity index (χ3n) is 3.71. The van der Waals surface area contributed by atoms with Crippen molar-refractivity contribution in [1.82, 2.24) is 9.47 Å². The van der Waals surface area contributed by atoms with Crippen molar-refractivity contribution < 1.29 is 25.9 Å². The SMILES string of the molecule is CCCN(C)CC(=O)c1cc(C)n(-c2cc[c-]cc2)c1C.[W]. The third kappa shape index (κ3) is 4.18. The zero-order valence-electron chi connectivity index (χ0n) is 13.7. The standard InChI is InChI=1S/C18H23N2O.W/c1-5-11-19(4)13-18(21)17-12-14(2)20(15(17)3)16-9-7-6-8-10-16;/h7-10,12H,5,11,13H2,1-4H3;/q-1;. The predicted octanol–water partition coefficient (Wildman–Crippen LogP) is 3.42. The minimum absolute atomic E-state index is 0. The molecule has 0 N–H and O–H groups in total. The Kier molecular flexibility index (Phi) is 7.25. The Morgan fingerprint density at radius 1 is 1.27 bits per heavy atom. The summed E-state index contributed by atoms with van der Waals surface area (Å²) < 4.78 is 2.13. The molecule has 0 aliphatic heterocycles. The largest absolute Gasteiger partial charge is 0.341 e. The molecule has 0 aliphatic carbocycles. The van der Waals surface area contributed by atoms with E-state index in [0.29, 0.717) is 6.54 Å². The van der Waals surface area contributed by atoms with Crippen LogP contribution in [-0.4, -0.2) is 35.4 Å². The number of rotatable bonds is 6. The van der Waals surface area contributed by atoms with Gasteiger partial charge in [0.25, 0.3) is 0 Å². The summed E-state index contributed by atoms with van der Waals surface area (Å²) in [7, 11) is 1.99. The van der Waals surface area contributed by atoms with E-state index in [2.05, 4.69) is 22.5 Å². The van der Waals surface area contributed by atoms with Crippen molar-refractivity contribution in [3.63, 3.8) is 0 Å². The van der Waals surface area contributed by atoms with Crippen LogP contribution in [0.4, 0.5) is 0 Å². The van der Waals surface area contributed by atoms with E-state index in [9.17, 15) is 4.79 Å². The van der Waals surface area contributed by atoms with Crippen molar-refractivity contribution in [2.75, 3.05) is 20.1 Å². The number of hydrogen-bond donors (Lipinski definition) is 0. The molecular formula is C18H23N2OW-. The van der Waals surface area contributed by atoms with Gasteiger partial charge in [0.05, 0.1) is 6.54 Å². The van der Waals surface area contributed by atoms with Crippen LogP contribution in [0.5, 0.6) is 0 Å². The van der Waals surface area contributed by atoms with Gasteiger partial charge in [-0.25, -0.2) is 0 Å². The quantitative estimate of drug-likeness (QED) is 0.481. The van der Waals surface area contributed by atoms with Crippen molar-refractivity contribution in [3.8, 4) is 5.69 Å². The van der Waals surface area contributed by atoms with E-state index in [1.54, 1.807) is 0 Å². The van der Waals surface area contributed by atoms with E-state index in [1.165, 1.54) is 0 Å². The van der Waals surface area contributed by atoms with Crippen LogP contribution in [-0.2, 0) is 21.1 Å². The zero-order chi connectivity index (χ0) is 15.4. The predicted molar refractivity (Wildman–Crippen MR) is 86.2 cm³/mol. The van der Waals surface area contributed by atoms with E-state index in [-0.39, 0.29) is 26.8 Å². The molecule has 4 heteroatoms. The summed E-state index contributed by atoms with van der Waals surface area (Å²) in [5.41, 5.74) is 3.99. The molecule has 0 spiro atoms. The summed E-state index contributed by atoms with van der Waals surface area (Å²) in [6.45, 7) is 7.59. The van der Waals surface area contributed by atoms with Gasteiger partial charge >= 0.3 is 0 Å². The minimum Gasteiger partial charge on any atom is -0.341 e. The molecule has 2 rings (SSSR count). The van der Waals surface area contributed by atoms with E-state index < -0.39 is 0 Å². The van der Waals surface area contributed by atoms with Crippen LogP contribution >= 0.6 is 0 Å². The molecule has 0 fully saturated rings. The number of carbonyl (C=O) groups excluding carboxylic acids is 1. The second-order valence-corrected chi connectivity index (χ2v) is 5.54. The summed E-state index contributed by atoms with van der Waals surface area (Å²) in [6, 6.07) is 12.8. The van der Waals surface area contributed by atoms with Gasteiger partial charge < -0.3 is 4.57 Å². The molecule has 0 saturated carbocycles. The fourth-order valence-corrected chi connectivity index (χ4v) is 2.76. The summed E-state index contributed by atoms with van der Waals surface area (Å²) in [4.78, 5) is 14.6. The Bertz CT molecular complexity index is 620. The molecule has 0 radical (unpaired) electrons. The molecule has 0 unspecified atom stereocenters. The maximum absolute atomic E-state index is 12.5. The number of aromatic nitrogens is 1. The maximum atomic E-state index is 12.5. The van der Waals surface area contributed by atoms with E-state index in [0.717, 1.165) is 35.6 Å². The van der Waals surface area contributed by atoms with Gasteiger partial charge in [0.15, 0.2) is 5.78 Å². The molecule has 22 heavy (non-hydrogen) atoms. The first-order chi connectivity index (χ1) is 10.0. The number of hydrogen-bond acceptors (Lipinski definition) is 2. The number of likely N-dealkylation sites (N-methyl/N-ethyl adjacent to an activating group) is 1. The first-order valence-electron chi connectivity index (χ1n) is 7.41. The van der Waals surface area contributed by atoms with Gasteiger partial charge in [-0.05, 0) is 39.9 Å². The van der Waals surface area contributed by atoms with Crippen LogP contribution in [0.25, 0.3) is 5.69 Å². The van der Waals surface area contributed by atoms with E-state index >= 15 is 0 Å². The van der Waals surface area contributed by atoms with Gasteiger partial charge in [0.2, 0.25) is 0 Å². The normalized spacial score (nSPS) is 10.6. The van der Waals surface area contributed by atoms with Gasteiger partial charge in [-0.3, -0.25) is 9.69 Å². The number of Topliss-reactive ketones (excluding diaryl/α,β-unsaturated/α-hetero) is 1. The smallest absolute Gasteiger partial charge is 0.178 e. The van der Waals surface area contributed by atoms with Crippen LogP contribution in [0.1, 0.15) is 35.1 Å². The number of nitrogens with zero attached hydrogens (tertiary/aromatic N) is 2. The molecule has 118 valence electrons. The monoisotopic (exact) mass is 467 g/mol. The molecule has 0 atom stereocenters. The Morgan fingerprint density at radius 2 is 1.91 bits per heavy atom.